The molecule has 4 rings (SSSR count). The van der Waals surface area contributed by atoms with Gasteiger partial charge in [0.05, 0.1) is 10.5 Å². The molecule has 9 nitrogen and oxygen atoms in total. The number of hydrogen-bond donors (Lipinski definition) is 2. The molecule has 0 bridgehead atoms. The highest BCUT2D eigenvalue weighted by atomic mass is 32.2. The van der Waals surface area contributed by atoms with E-state index in [1.54, 1.807) is 24.3 Å². The summed E-state index contributed by atoms with van der Waals surface area (Å²) in [7, 11) is -7.50. The van der Waals surface area contributed by atoms with Crippen LogP contribution in [0, 0.1) is 0 Å². The number of amides is 2. The van der Waals surface area contributed by atoms with Crippen molar-refractivity contribution in [3.63, 3.8) is 0 Å². The van der Waals surface area contributed by atoms with E-state index in [4.69, 9.17) is 8.37 Å². The normalized spacial score (nSPS) is 17.8. The molecule has 196 valence electrons. The number of carbonyl (C=O) groups is 1. The van der Waals surface area contributed by atoms with E-state index in [9.17, 15) is 21.6 Å². The van der Waals surface area contributed by atoms with Gasteiger partial charge in [-0.05, 0) is 49.9 Å². The van der Waals surface area contributed by atoms with Crippen molar-refractivity contribution in [2.45, 2.75) is 74.7 Å². The van der Waals surface area contributed by atoms with Gasteiger partial charge in [-0.1, -0.05) is 50.7 Å². The lowest BCUT2D eigenvalue weighted by Gasteiger charge is -2.21. The van der Waals surface area contributed by atoms with Crippen molar-refractivity contribution >= 4 is 37.6 Å². The van der Waals surface area contributed by atoms with Crippen molar-refractivity contribution < 1.29 is 30.0 Å². The van der Waals surface area contributed by atoms with Crippen LogP contribution < -0.4 is 19.0 Å². The fourth-order valence-electron chi connectivity index (χ4n) is 4.66. The minimum absolute atomic E-state index is 0.127. The molecule has 2 saturated carbocycles. The van der Waals surface area contributed by atoms with Gasteiger partial charge in [0.2, 0.25) is 0 Å². The van der Waals surface area contributed by atoms with Crippen molar-refractivity contribution in [3.05, 3.63) is 48.5 Å². The topological polar surface area (TPSA) is 128 Å². The molecule has 2 amide bonds. The molecule has 2 aliphatic rings. The second-order valence-electron chi connectivity index (χ2n) is 9.31. The van der Waals surface area contributed by atoms with Crippen LogP contribution >= 0.6 is 0 Å². The van der Waals surface area contributed by atoms with E-state index in [-0.39, 0.29) is 11.5 Å². The molecule has 2 N–H and O–H groups in total. The van der Waals surface area contributed by atoms with Crippen LogP contribution in [0.5, 0.6) is 11.5 Å². The molecule has 0 atom stereocenters. The Morgan fingerprint density at radius 2 is 1.03 bits per heavy atom. The molecular formula is C25H32N2O7S2. The van der Waals surface area contributed by atoms with E-state index in [0.29, 0.717) is 37.1 Å². The first kappa shape index (κ1) is 26.3. The van der Waals surface area contributed by atoms with Crippen molar-refractivity contribution in [1.29, 1.82) is 0 Å². The lowest BCUT2D eigenvalue weighted by Crippen LogP contribution is -2.28. The predicted molar refractivity (Wildman–Crippen MR) is 138 cm³/mol. The monoisotopic (exact) mass is 536 g/mol. The van der Waals surface area contributed by atoms with Crippen LogP contribution in [-0.4, -0.2) is 33.4 Å². The van der Waals surface area contributed by atoms with Crippen molar-refractivity contribution in [2.75, 3.05) is 10.6 Å². The van der Waals surface area contributed by atoms with Crippen molar-refractivity contribution in [3.8, 4) is 11.5 Å². The van der Waals surface area contributed by atoms with Gasteiger partial charge in [-0.3, -0.25) is 0 Å². The number of carbonyl (C=O) groups excluding carboxylic acids is 1. The molecule has 2 aromatic carbocycles. The fraction of sp³-hybridized carbons (Fsp3) is 0.480. The molecule has 36 heavy (non-hydrogen) atoms. The summed E-state index contributed by atoms with van der Waals surface area (Å²) >= 11 is 0. The van der Waals surface area contributed by atoms with Crippen LogP contribution in [-0.2, 0) is 20.2 Å². The number of hydrogen-bond acceptors (Lipinski definition) is 7. The summed E-state index contributed by atoms with van der Waals surface area (Å²) < 4.78 is 61.0. The molecule has 2 aliphatic carbocycles. The Labute approximate surface area is 212 Å². The predicted octanol–water partition coefficient (Wildman–Crippen LogP) is 5.41. The van der Waals surface area contributed by atoms with Gasteiger partial charge in [0.1, 0.15) is 11.5 Å². The number of rotatable bonds is 8. The first-order chi connectivity index (χ1) is 17.2. The zero-order valence-electron chi connectivity index (χ0n) is 20.0. The molecule has 0 saturated heterocycles. The largest absolute Gasteiger partial charge is 0.382 e. The first-order valence-electron chi connectivity index (χ1n) is 12.4. The summed E-state index contributed by atoms with van der Waals surface area (Å²) in [5.41, 5.74) is 0.687. The molecule has 0 unspecified atom stereocenters. The van der Waals surface area contributed by atoms with Crippen molar-refractivity contribution in [1.82, 2.24) is 0 Å². The third-order valence-electron chi connectivity index (χ3n) is 6.53. The van der Waals surface area contributed by atoms with Gasteiger partial charge >= 0.3 is 26.3 Å². The summed E-state index contributed by atoms with van der Waals surface area (Å²) in [6, 6.07) is 11.7. The molecule has 2 fully saturated rings. The van der Waals surface area contributed by atoms with E-state index in [0.717, 1.165) is 38.5 Å². The Morgan fingerprint density at radius 3 is 1.42 bits per heavy atom. The summed E-state index contributed by atoms with van der Waals surface area (Å²) in [6.07, 6.45) is 7.91. The molecule has 0 heterocycles. The molecule has 0 aliphatic heterocycles. The summed E-state index contributed by atoms with van der Waals surface area (Å²) in [6.45, 7) is 0. The minimum atomic E-state index is -3.75. The summed E-state index contributed by atoms with van der Waals surface area (Å²) in [4.78, 5) is 12.5. The Balaban J connectivity index is 1.35. The second-order valence-corrected chi connectivity index (χ2v) is 12.9. The molecule has 2 aromatic rings. The fourth-order valence-corrected chi connectivity index (χ4v) is 7.49. The second kappa shape index (κ2) is 11.5. The maximum Gasteiger partial charge on any atom is 0.323 e. The molecule has 11 heteroatoms. The average Bonchev–Trinajstić information content (AvgIpc) is 2.85. The van der Waals surface area contributed by atoms with E-state index < -0.39 is 36.8 Å². The quantitative estimate of drug-likeness (QED) is 0.432. The van der Waals surface area contributed by atoms with Crippen LogP contribution in [0.1, 0.15) is 64.2 Å². The Morgan fingerprint density at radius 1 is 0.639 bits per heavy atom. The maximum absolute atomic E-state index is 12.6. The zero-order valence-corrected chi connectivity index (χ0v) is 21.7. The Kier molecular flexibility index (Phi) is 8.40. The smallest absolute Gasteiger partial charge is 0.323 e. The maximum atomic E-state index is 12.6. The Hall–Kier alpha value is -2.79. The highest BCUT2D eigenvalue weighted by Gasteiger charge is 2.30. The highest BCUT2D eigenvalue weighted by molar-refractivity contribution is 7.88. The van der Waals surface area contributed by atoms with E-state index in [1.807, 2.05) is 0 Å². The lowest BCUT2D eigenvalue weighted by atomic mass is 10.0. The van der Waals surface area contributed by atoms with Crippen LogP contribution in [0.4, 0.5) is 16.2 Å². The van der Waals surface area contributed by atoms with E-state index in [1.165, 1.54) is 24.3 Å². The van der Waals surface area contributed by atoms with Crippen LogP contribution in [0.2, 0.25) is 0 Å². The lowest BCUT2D eigenvalue weighted by molar-refractivity contribution is 0.262. The summed E-state index contributed by atoms with van der Waals surface area (Å²) in [5, 5.41) is 4.24. The average molecular weight is 537 g/mol. The van der Waals surface area contributed by atoms with Gasteiger partial charge in [-0.2, -0.15) is 16.8 Å². The van der Waals surface area contributed by atoms with Gasteiger partial charge < -0.3 is 19.0 Å². The highest BCUT2D eigenvalue weighted by Crippen LogP contribution is 2.29. The first-order valence-corrected chi connectivity index (χ1v) is 15.3. The zero-order chi connectivity index (χ0) is 25.6. The van der Waals surface area contributed by atoms with Crippen molar-refractivity contribution in [2.24, 2.45) is 0 Å². The molecule has 0 spiro atoms. The van der Waals surface area contributed by atoms with Crippen LogP contribution in [0.3, 0.4) is 0 Å². The van der Waals surface area contributed by atoms with E-state index >= 15 is 0 Å². The molecule has 0 aromatic heterocycles. The van der Waals surface area contributed by atoms with Gasteiger partial charge in [-0.15, -0.1) is 0 Å². The van der Waals surface area contributed by atoms with E-state index in [2.05, 4.69) is 10.6 Å². The van der Waals surface area contributed by atoms with Gasteiger partial charge in [-0.25, -0.2) is 4.79 Å². The number of urea groups is 1. The molecular weight excluding hydrogens is 504 g/mol. The van der Waals surface area contributed by atoms with Gasteiger partial charge in [0.15, 0.2) is 0 Å². The Bertz CT molecular complexity index is 1170. The van der Waals surface area contributed by atoms with Crippen LogP contribution in [0.15, 0.2) is 48.5 Å². The summed E-state index contributed by atoms with van der Waals surface area (Å²) in [5.74, 6) is 0.253. The SMILES string of the molecule is O=C(Nc1cccc(OS(=O)(=O)C2CCCCC2)c1)Nc1cccc(OS(=O)(=O)C2CCCCC2)c1. The number of anilines is 2. The van der Waals surface area contributed by atoms with Gasteiger partial charge in [0, 0.05) is 23.5 Å². The third kappa shape index (κ3) is 7.13. The van der Waals surface area contributed by atoms with Crippen LogP contribution in [0.25, 0.3) is 0 Å². The number of nitrogens with one attached hydrogen (secondary N) is 2. The minimum Gasteiger partial charge on any atom is -0.382 e. The standard InChI is InChI=1S/C25H32N2O7S2/c28-25(26-19-9-7-11-21(17-19)33-35(29,30)23-13-3-1-4-14-23)27-20-10-8-12-22(18-20)34-36(31,32)24-15-5-2-6-16-24/h7-12,17-18,23-24H,1-6,13-16H2,(H2,26,27,28). The molecule has 0 radical (unpaired) electrons. The van der Waals surface area contributed by atoms with Gasteiger partial charge in [0.25, 0.3) is 0 Å². The third-order valence-corrected chi connectivity index (χ3v) is 9.95. The number of benzene rings is 2.